The van der Waals surface area contributed by atoms with E-state index in [0.717, 1.165) is 45.2 Å². The van der Waals surface area contributed by atoms with Crippen molar-refractivity contribution in [2.24, 2.45) is 11.8 Å². The van der Waals surface area contributed by atoms with Crippen molar-refractivity contribution in [3.63, 3.8) is 0 Å². The normalized spacial score (nSPS) is 16.5. The topological polar surface area (TPSA) is 49.4 Å². The van der Waals surface area contributed by atoms with Crippen molar-refractivity contribution in [3.05, 3.63) is 71.3 Å². The third kappa shape index (κ3) is 6.19. The number of rotatable bonds is 8. The summed E-state index contributed by atoms with van der Waals surface area (Å²) in [5.74, 6) is 0.597. The summed E-state index contributed by atoms with van der Waals surface area (Å²) in [5.41, 5.74) is 3.18. The van der Waals surface area contributed by atoms with Gasteiger partial charge in [0.25, 0.3) is 5.91 Å². The van der Waals surface area contributed by atoms with E-state index < -0.39 is 6.04 Å². The van der Waals surface area contributed by atoms with Crippen molar-refractivity contribution >= 4 is 11.8 Å². The molecular formula is C27H36N2O2. The van der Waals surface area contributed by atoms with Gasteiger partial charge in [-0.25, -0.2) is 0 Å². The molecule has 0 aromatic heterocycles. The highest BCUT2D eigenvalue weighted by Gasteiger charge is 2.32. The minimum atomic E-state index is -0.478. The SMILES string of the molecule is CCc1ccc(C(=O)NC(C(=O)N2CCC(Cc3ccccc3)CC2)C(C)CC)cc1. The van der Waals surface area contributed by atoms with Gasteiger partial charge in [-0.2, -0.15) is 0 Å². The van der Waals surface area contributed by atoms with Gasteiger partial charge in [-0.3, -0.25) is 9.59 Å². The maximum absolute atomic E-state index is 13.3. The summed E-state index contributed by atoms with van der Waals surface area (Å²) in [7, 11) is 0. The van der Waals surface area contributed by atoms with Crippen LogP contribution in [-0.2, 0) is 17.6 Å². The van der Waals surface area contributed by atoms with Crippen LogP contribution in [0.5, 0.6) is 0 Å². The maximum atomic E-state index is 13.3. The molecule has 2 unspecified atom stereocenters. The maximum Gasteiger partial charge on any atom is 0.251 e. The fourth-order valence-electron chi connectivity index (χ4n) is 4.30. The Hall–Kier alpha value is -2.62. The highest BCUT2D eigenvalue weighted by molar-refractivity contribution is 5.97. The van der Waals surface area contributed by atoms with Crippen molar-refractivity contribution < 1.29 is 9.59 Å². The summed E-state index contributed by atoms with van der Waals surface area (Å²) < 4.78 is 0. The van der Waals surface area contributed by atoms with Crippen LogP contribution < -0.4 is 5.32 Å². The summed E-state index contributed by atoms with van der Waals surface area (Å²) >= 11 is 0. The first-order chi connectivity index (χ1) is 15.0. The fraction of sp³-hybridized carbons (Fsp3) is 0.481. The van der Waals surface area contributed by atoms with Gasteiger partial charge < -0.3 is 10.2 Å². The fourth-order valence-corrected chi connectivity index (χ4v) is 4.30. The molecule has 0 saturated carbocycles. The van der Waals surface area contributed by atoms with Gasteiger partial charge in [-0.15, -0.1) is 0 Å². The average Bonchev–Trinajstić information content (AvgIpc) is 2.82. The first-order valence-electron chi connectivity index (χ1n) is 11.7. The molecule has 2 atom stereocenters. The highest BCUT2D eigenvalue weighted by atomic mass is 16.2. The van der Waals surface area contributed by atoms with Gasteiger partial charge in [0, 0.05) is 18.7 Å². The Kier molecular flexibility index (Phi) is 8.27. The highest BCUT2D eigenvalue weighted by Crippen LogP contribution is 2.23. The lowest BCUT2D eigenvalue weighted by molar-refractivity contribution is -0.135. The lowest BCUT2D eigenvalue weighted by Crippen LogP contribution is -2.53. The lowest BCUT2D eigenvalue weighted by Gasteiger charge is -2.36. The molecule has 1 saturated heterocycles. The summed E-state index contributed by atoms with van der Waals surface area (Å²) in [4.78, 5) is 28.1. The molecule has 0 spiro atoms. The Labute approximate surface area is 187 Å². The molecule has 166 valence electrons. The van der Waals surface area contributed by atoms with Crippen LogP contribution in [0.3, 0.4) is 0 Å². The number of nitrogens with zero attached hydrogens (tertiary/aromatic N) is 1. The number of benzene rings is 2. The van der Waals surface area contributed by atoms with E-state index >= 15 is 0 Å². The van der Waals surface area contributed by atoms with Crippen LogP contribution in [0.15, 0.2) is 54.6 Å². The molecule has 2 amide bonds. The van der Waals surface area contributed by atoms with Gasteiger partial charge >= 0.3 is 0 Å². The smallest absolute Gasteiger partial charge is 0.251 e. The first kappa shape index (κ1) is 23.1. The Morgan fingerprint density at radius 3 is 2.19 bits per heavy atom. The Bertz CT molecular complexity index is 839. The molecule has 0 aliphatic carbocycles. The number of amides is 2. The van der Waals surface area contributed by atoms with Crippen molar-refractivity contribution in [2.75, 3.05) is 13.1 Å². The number of nitrogens with one attached hydrogen (secondary N) is 1. The zero-order valence-electron chi connectivity index (χ0n) is 19.1. The number of hydrogen-bond acceptors (Lipinski definition) is 2. The second kappa shape index (κ2) is 11.1. The molecule has 1 fully saturated rings. The van der Waals surface area contributed by atoms with E-state index in [2.05, 4.69) is 43.4 Å². The van der Waals surface area contributed by atoms with Gasteiger partial charge in [0.1, 0.15) is 6.04 Å². The molecule has 31 heavy (non-hydrogen) atoms. The van der Waals surface area contributed by atoms with Crippen molar-refractivity contribution in [1.82, 2.24) is 10.2 Å². The summed E-state index contributed by atoms with van der Waals surface area (Å²) in [5, 5.41) is 3.04. The van der Waals surface area contributed by atoms with E-state index in [4.69, 9.17) is 0 Å². The lowest BCUT2D eigenvalue weighted by atomic mass is 9.89. The first-order valence-corrected chi connectivity index (χ1v) is 11.7. The van der Waals surface area contributed by atoms with Crippen LogP contribution in [-0.4, -0.2) is 35.8 Å². The van der Waals surface area contributed by atoms with E-state index in [9.17, 15) is 9.59 Å². The molecule has 1 aliphatic heterocycles. The second-order valence-corrected chi connectivity index (χ2v) is 8.85. The van der Waals surface area contributed by atoms with Gasteiger partial charge in [0.05, 0.1) is 0 Å². The number of hydrogen-bond donors (Lipinski definition) is 1. The Balaban J connectivity index is 1.60. The van der Waals surface area contributed by atoms with Crippen LogP contribution >= 0.6 is 0 Å². The summed E-state index contributed by atoms with van der Waals surface area (Å²) in [6.07, 6.45) is 4.88. The van der Waals surface area contributed by atoms with Crippen molar-refractivity contribution in [2.45, 2.75) is 58.9 Å². The number of likely N-dealkylation sites (tertiary alicyclic amines) is 1. The number of carbonyl (C=O) groups excluding carboxylic acids is 2. The molecule has 4 heteroatoms. The quantitative estimate of drug-likeness (QED) is 0.662. The summed E-state index contributed by atoms with van der Waals surface area (Å²) in [6, 6.07) is 17.8. The molecule has 1 heterocycles. The number of aryl methyl sites for hydroxylation is 1. The zero-order valence-corrected chi connectivity index (χ0v) is 19.1. The average molecular weight is 421 g/mol. The third-order valence-electron chi connectivity index (χ3n) is 6.68. The van der Waals surface area contributed by atoms with Crippen molar-refractivity contribution in [3.8, 4) is 0 Å². The molecule has 3 rings (SSSR count). The predicted octanol–water partition coefficient (Wildman–Crippen LogP) is 4.87. The van der Waals surface area contributed by atoms with Gasteiger partial charge in [0.2, 0.25) is 5.91 Å². The van der Waals surface area contributed by atoms with Crippen LogP contribution in [0.4, 0.5) is 0 Å². The third-order valence-corrected chi connectivity index (χ3v) is 6.68. The molecule has 0 bridgehead atoms. The van der Waals surface area contributed by atoms with Gasteiger partial charge in [-0.05, 0) is 60.8 Å². The molecular weight excluding hydrogens is 384 g/mol. The van der Waals surface area contributed by atoms with E-state index in [1.165, 1.54) is 11.1 Å². The molecule has 1 N–H and O–H groups in total. The molecule has 2 aromatic carbocycles. The monoisotopic (exact) mass is 420 g/mol. The number of piperidine rings is 1. The summed E-state index contributed by atoms with van der Waals surface area (Å²) in [6.45, 7) is 7.74. The largest absolute Gasteiger partial charge is 0.341 e. The van der Waals surface area contributed by atoms with E-state index in [0.29, 0.717) is 11.5 Å². The van der Waals surface area contributed by atoms with Crippen LogP contribution in [0.1, 0.15) is 61.5 Å². The van der Waals surface area contributed by atoms with Gasteiger partial charge in [0.15, 0.2) is 0 Å². The van der Waals surface area contributed by atoms with Crippen LogP contribution in [0.25, 0.3) is 0 Å². The van der Waals surface area contributed by atoms with Crippen molar-refractivity contribution in [1.29, 1.82) is 0 Å². The van der Waals surface area contributed by atoms with E-state index in [1.807, 2.05) is 42.2 Å². The Morgan fingerprint density at radius 1 is 0.968 bits per heavy atom. The van der Waals surface area contributed by atoms with Crippen LogP contribution in [0.2, 0.25) is 0 Å². The Morgan fingerprint density at radius 2 is 1.61 bits per heavy atom. The predicted molar refractivity (Wildman–Crippen MR) is 126 cm³/mol. The minimum absolute atomic E-state index is 0.0611. The van der Waals surface area contributed by atoms with Crippen LogP contribution in [0, 0.1) is 11.8 Å². The molecule has 4 nitrogen and oxygen atoms in total. The number of carbonyl (C=O) groups is 2. The zero-order chi connectivity index (χ0) is 22.2. The standard InChI is InChI=1S/C27H36N2O2/c1-4-20(3)25(28-26(30)24-13-11-21(5-2)12-14-24)27(31)29-17-15-23(16-18-29)19-22-9-7-6-8-10-22/h6-14,20,23,25H,4-5,15-19H2,1-3H3,(H,28,30). The second-order valence-electron chi connectivity index (χ2n) is 8.85. The van der Waals surface area contributed by atoms with Gasteiger partial charge in [-0.1, -0.05) is 69.7 Å². The van der Waals surface area contributed by atoms with E-state index in [1.54, 1.807) is 0 Å². The molecule has 1 aliphatic rings. The molecule has 0 radical (unpaired) electrons. The minimum Gasteiger partial charge on any atom is -0.341 e. The van der Waals surface area contributed by atoms with E-state index in [-0.39, 0.29) is 17.7 Å². The molecule has 2 aromatic rings.